The summed E-state index contributed by atoms with van der Waals surface area (Å²) in [5.41, 5.74) is -4.51. The van der Waals surface area contributed by atoms with Gasteiger partial charge in [0.15, 0.2) is 5.37 Å². The lowest BCUT2D eigenvalue weighted by Crippen LogP contribution is -2.71. The summed E-state index contributed by atoms with van der Waals surface area (Å²) < 4.78 is 35.8. The fourth-order valence-electron chi connectivity index (χ4n) is 2.01. The molecule has 2 heterocycles. The molecule has 2 N–H and O–H groups in total. The van der Waals surface area contributed by atoms with Gasteiger partial charge in [0.05, 0.1) is 11.8 Å². The summed E-state index contributed by atoms with van der Waals surface area (Å²) in [6.07, 6.45) is 0. The third kappa shape index (κ3) is 2.97. The molecule has 3 atom stereocenters. The number of β-lactam (4-membered cyclic amide) rings is 1. The predicted molar refractivity (Wildman–Crippen MR) is 65.0 cm³/mol. The third-order valence-electron chi connectivity index (χ3n) is 2.83. The molecule has 0 aliphatic carbocycles. The fraction of sp³-hybridized carbons (Fsp3) is 0.667. The molecule has 11 heteroatoms. The van der Waals surface area contributed by atoms with Crippen molar-refractivity contribution in [1.29, 1.82) is 0 Å². The molecule has 2 fully saturated rings. The standard InChI is InChI=1S/C9H9F3N2O4S2/c10-9(11,12)20-2-4(15)13-5-3-1-19-7(8(17)18)14(3)6(5)16/h3,5,7H,1-2H2,(H,13,15)(H,17,18)/t3?,5-,7?/m1/s1. The van der Waals surface area contributed by atoms with Crippen LogP contribution in [0.1, 0.15) is 0 Å². The highest BCUT2D eigenvalue weighted by atomic mass is 32.2. The van der Waals surface area contributed by atoms with Crippen molar-refractivity contribution >= 4 is 41.3 Å². The zero-order valence-electron chi connectivity index (χ0n) is 9.72. The van der Waals surface area contributed by atoms with E-state index in [-0.39, 0.29) is 0 Å². The number of nitrogens with one attached hydrogen (secondary N) is 1. The second-order valence-electron chi connectivity index (χ2n) is 4.12. The Morgan fingerprint density at radius 1 is 1.50 bits per heavy atom. The Hall–Kier alpha value is -1.10. The van der Waals surface area contributed by atoms with E-state index in [9.17, 15) is 27.6 Å². The van der Waals surface area contributed by atoms with Crippen molar-refractivity contribution in [1.82, 2.24) is 10.2 Å². The Morgan fingerprint density at radius 3 is 2.70 bits per heavy atom. The molecule has 112 valence electrons. The van der Waals surface area contributed by atoms with Gasteiger partial charge < -0.3 is 15.3 Å². The highest BCUT2D eigenvalue weighted by molar-refractivity contribution is 8.01. The first kappa shape index (κ1) is 15.3. The topological polar surface area (TPSA) is 86.7 Å². The molecule has 2 rings (SSSR count). The number of hydrogen-bond acceptors (Lipinski definition) is 5. The number of carboxylic acid groups (broad SMARTS) is 1. The van der Waals surface area contributed by atoms with Crippen LogP contribution in [0.5, 0.6) is 0 Å². The first-order chi connectivity index (χ1) is 9.20. The van der Waals surface area contributed by atoms with E-state index in [4.69, 9.17) is 5.11 Å². The number of carbonyl (C=O) groups is 3. The van der Waals surface area contributed by atoms with Crippen LogP contribution in [0.2, 0.25) is 0 Å². The van der Waals surface area contributed by atoms with Crippen LogP contribution in [0.15, 0.2) is 0 Å². The summed E-state index contributed by atoms with van der Waals surface area (Å²) in [7, 11) is 0. The van der Waals surface area contributed by atoms with Gasteiger partial charge in [0, 0.05) is 5.75 Å². The average molecular weight is 330 g/mol. The van der Waals surface area contributed by atoms with Gasteiger partial charge in [-0.3, -0.25) is 9.59 Å². The van der Waals surface area contributed by atoms with Crippen LogP contribution in [-0.4, -0.2) is 62.3 Å². The van der Waals surface area contributed by atoms with Crippen molar-refractivity contribution in [3.8, 4) is 0 Å². The molecule has 2 aliphatic rings. The van der Waals surface area contributed by atoms with Gasteiger partial charge in [-0.05, 0) is 11.8 Å². The molecule has 0 bridgehead atoms. The van der Waals surface area contributed by atoms with E-state index in [1.54, 1.807) is 0 Å². The SMILES string of the molecule is O=C(CSC(F)(F)F)N[C@H]1C(=O)N2C(C(=O)O)SCC12. The van der Waals surface area contributed by atoms with Crippen molar-refractivity contribution in [3.05, 3.63) is 0 Å². The van der Waals surface area contributed by atoms with Crippen LogP contribution in [-0.2, 0) is 14.4 Å². The number of thioether (sulfide) groups is 2. The van der Waals surface area contributed by atoms with E-state index in [0.29, 0.717) is 5.75 Å². The molecular formula is C9H9F3N2O4S2. The van der Waals surface area contributed by atoms with Crippen LogP contribution in [0.3, 0.4) is 0 Å². The second kappa shape index (κ2) is 5.35. The molecule has 2 saturated heterocycles. The normalized spacial score (nSPS) is 28.9. The van der Waals surface area contributed by atoms with Gasteiger partial charge in [-0.1, -0.05) is 0 Å². The zero-order chi connectivity index (χ0) is 15.1. The quantitative estimate of drug-likeness (QED) is 0.711. The van der Waals surface area contributed by atoms with E-state index in [0.717, 1.165) is 16.7 Å². The van der Waals surface area contributed by atoms with Crippen molar-refractivity contribution < 1.29 is 32.7 Å². The largest absolute Gasteiger partial charge is 0.479 e. The molecule has 0 aromatic heterocycles. The van der Waals surface area contributed by atoms with Gasteiger partial charge in [-0.2, -0.15) is 13.2 Å². The Balaban J connectivity index is 1.86. The molecule has 0 saturated carbocycles. The molecule has 2 amide bonds. The maximum absolute atomic E-state index is 11.9. The maximum atomic E-state index is 11.9. The third-order valence-corrected chi connectivity index (χ3v) is 4.85. The van der Waals surface area contributed by atoms with Crippen molar-refractivity contribution in [2.75, 3.05) is 11.5 Å². The zero-order valence-corrected chi connectivity index (χ0v) is 11.3. The number of carbonyl (C=O) groups excluding carboxylic acids is 2. The highest BCUT2D eigenvalue weighted by Crippen LogP contribution is 2.38. The summed E-state index contributed by atoms with van der Waals surface area (Å²) >= 11 is 0.564. The number of halogens is 3. The van der Waals surface area contributed by atoms with E-state index < -0.39 is 58.3 Å². The lowest BCUT2D eigenvalue weighted by atomic mass is 9.97. The van der Waals surface area contributed by atoms with E-state index >= 15 is 0 Å². The van der Waals surface area contributed by atoms with Gasteiger partial charge in [-0.25, -0.2) is 4.79 Å². The molecule has 2 aliphatic heterocycles. The first-order valence-electron chi connectivity index (χ1n) is 5.37. The molecule has 2 unspecified atom stereocenters. The average Bonchev–Trinajstić information content (AvgIpc) is 2.73. The number of nitrogens with zero attached hydrogens (tertiary/aromatic N) is 1. The summed E-state index contributed by atoms with van der Waals surface area (Å²) in [4.78, 5) is 35.0. The summed E-state index contributed by atoms with van der Waals surface area (Å²) in [6.45, 7) is 0. The number of rotatable bonds is 4. The molecule has 0 radical (unpaired) electrons. The first-order valence-corrected chi connectivity index (χ1v) is 7.41. The Kier molecular flexibility index (Phi) is 4.09. The van der Waals surface area contributed by atoms with Crippen molar-refractivity contribution in [2.24, 2.45) is 0 Å². The lowest BCUT2D eigenvalue weighted by Gasteiger charge is -2.43. The molecular weight excluding hydrogens is 321 g/mol. The minimum atomic E-state index is -4.51. The molecule has 0 aromatic rings. The minimum absolute atomic E-state index is 0.333. The molecule has 0 spiro atoms. The number of amides is 2. The van der Waals surface area contributed by atoms with Gasteiger partial charge in [0.25, 0.3) is 0 Å². The monoisotopic (exact) mass is 330 g/mol. The molecule has 20 heavy (non-hydrogen) atoms. The summed E-state index contributed by atoms with van der Waals surface area (Å²) in [6, 6.07) is -1.39. The smallest absolute Gasteiger partial charge is 0.442 e. The van der Waals surface area contributed by atoms with E-state index in [1.165, 1.54) is 0 Å². The van der Waals surface area contributed by atoms with Crippen LogP contribution in [0.25, 0.3) is 0 Å². The predicted octanol–water partition coefficient (Wildman–Crippen LogP) is 0.0925. The molecule has 6 nitrogen and oxygen atoms in total. The number of alkyl halides is 3. The van der Waals surface area contributed by atoms with Crippen LogP contribution < -0.4 is 5.32 Å². The highest BCUT2D eigenvalue weighted by Gasteiger charge is 2.57. The van der Waals surface area contributed by atoms with Crippen molar-refractivity contribution in [2.45, 2.75) is 23.0 Å². The van der Waals surface area contributed by atoms with Gasteiger partial charge >= 0.3 is 11.5 Å². The van der Waals surface area contributed by atoms with Crippen LogP contribution >= 0.6 is 23.5 Å². The van der Waals surface area contributed by atoms with Crippen LogP contribution in [0.4, 0.5) is 13.2 Å². The number of carboxylic acids is 1. The van der Waals surface area contributed by atoms with E-state index in [1.807, 2.05) is 0 Å². The molecule has 0 aromatic carbocycles. The summed E-state index contributed by atoms with van der Waals surface area (Å²) in [5, 5.41) is 10.1. The van der Waals surface area contributed by atoms with Gasteiger partial charge in [0.1, 0.15) is 6.04 Å². The summed E-state index contributed by atoms with van der Waals surface area (Å²) in [5.74, 6) is -3.11. The maximum Gasteiger partial charge on any atom is 0.442 e. The van der Waals surface area contributed by atoms with Gasteiger partial charge in [0.2, 0.25) is 11.8 Å². The lowest BCUT2D eigenvalue weighted by molar-refractivity contribution is -0.159. The van der Waals surface area contributed by atoms with E-state index in [2.05, 4.69) is 5.32 Å². The Morgan fingerprint density at radius 2 is 2.15 bits per heavy atom. The van der Waals surface area contributed by atoms with Crippen LogP contribution in [0, 0.1) is 0 Å². The fourth-order valence-corrected chi connectivity index (χ4v) is 3.69. The number of aliphatic carboxylic acids is 1. The minimum Gasteiger partial charge on any atom is -0.479 e. The number of fused-ring (bicyclic) bond motifs is 1. The Labute approximate surface area is 119 Å². The Bertz CT molecular complexity index is 459. The van der Waals surface area contributed by atoms with Gasteiger partial charge in [-0.15, -0.1) is 11.8 Å². The van der Waals surface area contributed by atoms with Crippen molar-refractivity contribution in [3.63, 3.8) is 0 Å². The number of hydrogen-bond donors (Lipinski definition) is 2. The second-order valence-corrected chi connectivity index (χ2v) is 6.27.